The molecule has 1 atom stereocenters. The number of carbonyl (C=O) groups excluding carboxylic acids is 1. The van der Waals surface area contributed by atoms with Gasteiger partial charge in [0.2, 0.25) is 5.91 Å². The molecule has 2 N–H and O–H groups in total. The molecule has 0 bridgehead atoms. The van der Waals surface area contributed by atoms with Crippen molar-refractivity contribution in [2.45, 2.75) is 25.7 Å². The molecule has 0 radical (unpaired) electrons. The van der Waals surface area contributed by atoms with Crippen molar-refractivity contribution in [3.05, 3.63) is 0 Å². The largest absolute Gasteiger partial charge is 0.383 e. The smallest absolute Gasteiger partial charge is 0.220 e. The van der Waals surface area contributed by atoms with Crippen molar-refractivity contribution in [3.63, 3.8) is 0 Å². The summed E-state index contributed by atoms with van der Waals surface area (Å²) in [5.41, 5.74) is 0. The summed E-state index contributed by atoms with van der Waals surface area (Å²) in [6.07, 6.45) is 4.16. The van der Waals surface area contributed by atoms with Crippen LogP contribution in [0.1, 0.15) is 25.7 Å². The quantitative estimate of drug-likeness (QED) is 0.715. The molecule has 5 heteroatoms. The van der Waals surface area contributed by atoms with E-state index in [-0.39, 0.29) is 18.3 Å². The molecular formula is C11H23ClN2O2. The van der Waals surface area contributed by atoms with Gasteiger partial charge in [-0.15, -0.1) is 12.4 Å². The van der Waals surface area contributed by atoms with Gasteiger partial charge in [0, 0.05) is 20.1 Å². The summed E-state index contributed by atoms with van der Waals surface area (Å²) < 4.78 is 4.88. The van der Waals surface area contributed by atoms with E-state index in [1.165, 1.54) is 12.8 Å². The predicted molar refractivity (Wildman–Crippen MR) is 67.0 cm³/mol. The van der Waals surface area contributed by atoms with E-state index in [0.29, 0.717) is 25.5 Å². The SMILES string of the molecule is COCCNC(=O)CC1CCCNCC1.Cl. The van der Waals surface area contributed by atoms with Crippen molar-refractivity contribution < 1.29 is 9.53 Å². The van der Waals surface area contributed by atoms with E-state index in [0.717, 1.165) is 19.5 Å². The van der Waals surface area contributed by atoms with Gasteiger partial charge in [-0.3, -0.25) is 4.79 Å². The fourth-order valence-electron chi connectivity index (χ4n) is 1.92. The fourth-order valence-corrected chi connectivity index (χ4v) is 1.92. The minimum atomic E-state index is 0. The first-order chi connectivity index (χ1) is 7.33. The van der Waals surface area contributed by atoms with Crippen molar-refractivity contribution in [1.82, 2.24) is 10.6 Å². The van der Waals surface area contributed by atoms with E-state index in [1.54, 1.807) is 7.11 Å². The van der Waals surface area contributed by atoms with Crippen LogP contribution in [0.2, 0.25) is 0 Å². The van der Waals surface area contributed by atoms with Crippen LogP contribution in [0.5, 0.6) is 0 Å². The van der Waals surface area contributed by atoms with Crippen molar-refractivity contribution >= 4 is 18.3 Å². The van der Waals surface area contributed by atoms with E-state index < -0.39 is 0 Å². The standard InChI is InChI=1S/C11H22N2O2.ClH/c1-15-8-7-13-11(14)9-10-3-2-5-12-6-4-10;/h10,12H,2-9H2,1H3,(H,13,14);1H. The summed E-state index contributed by atoms with van der Waals surface area (Å²) in [4.78, 5) is 11.5. The Morgan fingerprint density at radius 3 is 3.00 bits per heavy atom. The molecule has 1 unspecified atom stereocenters. The van der Waals surface area contributed by atoms with Crippen molar-refractivity contribution in [1.29, 1.82) is 0 Å². The highest BCUT2D eigenvalue weighted by atomic mass is 35.5. The summed E-state index contributed by atoms with van der Waals surface area (Å²) in [5, 5.41) is 6.22. The summed E-state index contributed by atoms with van der Waals surface area (Å²) >= 11 is 0. The molecule has 96 valence electrons. The first-order valence-corrected chi connectivity index (χ1v) is 5.79. The molecule has 1 rings (SSSR count). The van der Waals surface area contributed by atoms with Crippen LogP contribution in [-0.2, 0) is 9.53 Å². The molecule has 1 aliphatic heterocycles. The van der Waals surface area contributed by atoms with Gasteiger partial charge in [0.1, 0.15) is 0 Å². The van der Waals surface area contributed by atoms with Crippen molar-refractivity contribution in [2.75, 3.05) is 33.4 Å². The van der Waals surface area contributed by atoms with Crippen LogP contribution in [0.3, 0.4) is 0 Å². The third-order valence-electron chi connectivity index (χ3n) is 2.80. The van der Waals surface area contributed by atoms with Crippen LogP contribution >= 0.6 is 12.4 Å². The lowest BCUT2D eigenvalue weighted by atomic mass is 9.97. The number of amides is 1. The van der Waals surface area contributed by atoms with Gasteiger partial charge in [-0.1, -0.05) is 0 Å². The maximum atomic E-state index is 11.5. The topological polar surface area (TPSA) is 50.4 Å². The van der Waals surface area contributed by atoms with E-state index >= 15 is 0 Å². The highest BCUT2D eigenvalue weighted by molar-refractivity contribution is 5.85. The average Bonchev–Trinajstić information content (AvgIpc) is 2.47. The first kappa shape index (κ1) is 15.7. The second-order valence-electron chi connectivity index (χ2n) is 4.09. The number of hydrogen-bond acceptors (Lipinski definition) is 3. The molecule has 1 heterocycles. The number of halogens is 1. The second kappa shape index (κ2) is 9.87. The molecule has 1 saturated heterocycles. The van der Waals surface area contributed by atoms with Gasteiger partial charge < -0.3 is 15.4 Å². The monoisotopic (exact) mass is 250 g/mol. The van der Waals surface area contributed by atoms with E-state index in [4.69, 9.17) is 4.74 Å². The van der Waals surface area contributed by atoms with E-state index in [1.807, 2.05) is 0 Å². The molecule has 1 amide bonds. The molecule has 16 heavy (non-hydrogen) atoms. The Labute approximate surface area is 104 Å². The van der Waals surface area contributed by atoms with Gasteiger partial charge in [0.25, 0.3) is 0 Å². The predicted octanol–water partition coefficient (Wildman–Crippen LogP) is 0.951. The van der Waals surface area contributed by atoms with Gasteiger partial charge in [0.05, 0.1) is 6.61 Å². The van der Waals surface area contributed by atoms with Crippen molar-refractivity contribution in [2.24, 2.45) is 5.92 Å². The maximum absolute atomic E-state index is 11.5. The number of methoxy groups -OCH3 is 1. The molecule has 4 nitrogen and oxygen atoms in total. The normalized spacial score (nSPS) is 20.7. The van der Waals surface area contributed by atoms with E-state index in [2.05, 4.69) is 10.6 Å². The van der Waals surface area contributed by atoms with Gasteiger partial charge in [-0.2, -0.15) is 0 Å². The average molecular weight is 251 g/mol. The summed E-state index contributed by atoms with van der Waals surface area (Å²) in [5.74, 6) is 0.724. The number of nitrogens with one attached hydrogen (secondary N) is 2. The Morgan fingerprint density at radius 1 is 1.44 bits per heavy atom. The fraction of sp³-hybridized carbons (Fsp3) is 0.909. The van der Waals surface area contributed by atoms with Gasteiger partial charge in [-0.05, 0) is 38.3 Å². The Kier molecular flexibility index (Phi) is 9.68. The highest BCUT2D eigenvalue weighted by Crippen LogP contribution is 2.16. The summed E-state index contributed by atoms with van der Waals surface area (Å²) in [6.45, 7) is 3.37. The maximum Gasteiger partial charge on any atom is 0.220 e. The number of rotatable bonds is 5. The summed E-state index contributed by atoms with van der Waals surface area (Å²) in [7, 11) is 1.64. The lowest BCUT2D eigenvalue weighted by molar-refractivity contribution is -0.122. The van der Waals surface area contributed by atoms with Crippen LogP contribution in [0.15, 0.2) is 0 Å². The molecular weight excluding hydrogens is 228 g/mol. The third kappa shape index (κ3) is 7.04. The van der Waals surface area contributed by atoms with Gasteiger partial charge >= 0.3 is 0 Å². The molecule has 0 aromatic heterocycles. The zero-order chi connectivity index (χ0) is 10.9. The highest BCUT2D eigenvalue weighted by Gasteiger charge is 2.15. The van der Waals surface area contributed by atoms with Crippen LogP contribution in [0.4, 0.5) is 0 Å². The van der Waals surface area contributed by atoms with Crippen LogP contribution < -0.4 is 10.6 Å². The first-order valence-electron chi connectivity index (χ1n) is 5.79. The number of carbonyl (C=O) groups is 1. The Morgan fingerprint density at radius 2 is 2.25 bits per heavy atom. The van der Waals surface area contributed by atoms with E-state index in [9.17, 15) is 4.79 Å². The minimum absolute atomic E-state index is 0. The lowest BCUT2D eigenvalue weighted by Gasteiger charge is -2.13. The number of ether oxygens (including phenoxy) is 1. The van der Waals surface area contributed by atoms with Gasteiger partial charge in [0.15, 0.2) is 0 Å². The second-order valence-corrected chi connectivity index (χ2v) is 4.09. The third-order valence-corrected chi connectivity index (χ3v) is 2.80. The van der Waals surface area contributed by atoms with Gasteiger partial charge in [-0.25, -0.2) is 0 Å². The van der Waals surface area contributed by atoms with Crippen LogP contribution in [-0.4, -0.2) is 39.3 Å². The lowest BCUT2D eigenvalue weighted by Crippen LogP contribution is -2.28. The molecule has 0 aliphatic carbocycles. The minimum Gasteiger partial charge on any atom is -0.383 e. The molecule has 0 aromatic rings. The number of hydrogen-bond donors (Lipinski definition) is 2. The molecule has 1 fully saturated rings. The molecule has 0 aromatic carbocycles. The molecule has 1 aliphatic rings. The van der Waals surface area contributed by atoms with Crippen molar-refractivity contribution in [3.8, 4) is 0 Å². The Bertz CT molecular complexity index is 183. The Hall–Kier alpha value is -0.320. The summed E-state index contributed by atoms with van der Waals surface area (Å²) in [6, 6.07) is 0. The van der Waals surface area contributed by atoms with Crippen LogP contribution in [0.25, 0.3) is 0 Å². The van der Waals surface area contributed by atoms with Crippen LogP contribution in [0, 0.1) is 5.92 Å². The zero-order valence-electron chi connectivity index (χ0n) is 9.96. The molecule has 0 saturated carbocycles. The Balaban J connectivity index is 0.00000225. The zero-order valence-corrected chi connectivity index (χ0v) is 10.8. The molecule has 0 spiro atoms.